The molecule has 0 radical (unpaired) electrons. The fourth-order valence-corrected chi connectivity index (χ4v) is 1.02. The first-order valence-corrected chi connectivity index (χ1v) is 4.31. The second kappa shape index (κ2) is 2.49. The Hall–Kier alpha value is -0.350. The predicted octanol–water partition coefficient (Wildman–Crippen LogP) is 0.658. The maximum atomic E-state index is 10.3. The molecule has 0 bridgehead atoms. The maximum Gasteiger partial charge on any atom is 0.299 e. The standard InChI is InChI=1S/C4H5ClO3S/c1-3(2)4(6)9(5,7)8/h1H2,2H3. The molecule has 0 aliphatic rings. The Balaban J connectivity index is 4.66. The fourth-order valence-electron chi connectivity index (χ4n) is 0.208. The first kappa shape index (κ1) is 8.65. The Morgan fingerprint density at radius 3 is 1.89 bits per heavy atom. The van der Waals surface area contributed by atoms with Gasteiger partial charge in [-0.1, -0.05) is 6.58 Å². The number of hydrogen-bond acceptors (Lipinski definition) is 3. The summed E-state index contributed by atoms with van der Waals surface area (Å²) < 4.78 is 20.3. The van der Waals surface area contributed by atoms with Gasteiger partial charge in [-0.15, -0.1) is 0 Å². The summed E-state index contributed by atoms with van der Waals surface area (Å²) >= 11 is 0. The number of rotatable bonds is 1. The van der Waals surface area contributed by atoms with E-state index in [1.807, 2.05) is 0 Å². The summed E-state index contributed by atoms with van der Waals surface area (Å²) in [5.74, 6) is 0. The summed E-state index contributed by atoms with van der Waals surface area (Å²) in [5, 5.41) is -1.12. The lowest BCUT2D eigenvalue weighted by molar-refractivity contribution is -0.108. The van der Waals surface area contributed by atoms with Crippen molar-refractivity contribution in [2.75, 3.05) is 0 Å². The van der Waals surface area contributed by atoms with Crippen LogP contribution < -0.4 is 0 Å². The van der Waals surface area contributed by atoms with Gasteiger partial charge in [0.25, 0.3) is 14.2 Å². The molecule has 9 heavy (non-hydrogen) atoms. The molecule has 0 rings (SSSR count). The second-order valence-electron chi connectivity index (χ2n) is 1.51. The lowest BCUT2D eigenvalue weighted by atomic mass is 10.4. The molecule has 0 aromatic heterocycles. The zero-order valence-electron chi connectivity index (χ0n) is 4.72. The van der Waals surface area contributed by atoms with Crippen molar-refractivity contribution in [1.29, 1.82) is 0 Å². The fraction of sp³-hybridized carbons (Fsp3) is 0.250. The number of hydrogen-bond donors (Lipinski definition) is 0. The SMILES string of the molecule is C=C(C)C(=O)S(=O)(=O)Cl. The van der Waals surface area contributed by atoms with Gasteiger partial charge in [-0.3, -0.25) is 4.79 Å². The quantitative estimate of drug-likeness (QED) is 0.427. The molecule has 0 aromatic carbocycles. The van der Waals surface area contributed by atoms with Crippen LogP contribution in [0.25, 0.3) is 0 Å². The molecular weight excluding hydrogens is 164 g/mol. The first-order valence-electron chi connectivity index (χ1n) is 2.00. The second-order valence-corrected chi connectivity index (χ2v) is 3.97. The van der Waals surface area contributed by atoms with E-state index in [0.29, 0.717) is 0 Å². The summed E-state index contributed by atoms with van der Waals surface area (Å²) in [6, 6.07) is 0. The highest BCUT2D eigenvalue weighted by Gasteiger charge is 2.18. The summed E-state index contributed by atoms with van der Waals surface area (Å²) in [7, 11) is 0.572. The van der Waals surface area contributed by atoms with Gasteiger partial charge in [0, 0.05) is 16.3 Å². The smallest absolute Gasteiger partial charge is 0.275 e. The molecule has 0 saturated heterocycles. The van der Waals surface area contributed by atoms with E-state index in [1.54, 1.807) is 0 Å². The Labute approximate surface area is 57.7 Å². The third-order valence-corrected chi connectivity index (χ3v) is 1.78. The van der Waals surface area contributed by atoms with Gasteiger partial charge in [-0.25, -0.2) is 8.42 Å². The molecule has 0 fully saturated rings. The molecule has 0 N–H and O–H groups in total. The summed E-state index contributed by atoms with van der Waals surface area (Å²) in [6.45, 7) is 4.39. The molecule has 0 saturated carbocycles. The van der Waals surface area contributed by atoms with Crippen molar-refractivity contribution in [2.45, 2.75) is 6.92 Å². The monoisotopic (exact) mass is 168 g/mol. The van der Waals surface area contributed by atoms with Crippen molar-refractivity contribution in [2.24, 2.45) is 0 Å². The van der Waals surface area contributed by atoms with E-state index in [1.165, 1.54) is 6.92 Å². The van der Waals surface area contributed by atoms with Crippen LogP contribution in [0.4, 0.5) is 0 Å². The minimum absolute atomic E-state index is 0.0787. The zero-order valence-corrected chi connectivity index (χ0v) is 6.29. The molecule has 0 amide bonds. The van der Waals surface area contributed by atoms with Crippen molar-refractivity contribution < 1.29 is 13.2 Å². The Bertz CT molecular complexity index is 239. The lowest BCUT2D eigenvalue weighted by Crippen LogP contribution is -2.07. The molecule has 0 spiro atoms. The van der Waals surface area contributed by atoms with E-state index >= 15 is 0 Å². The largest absolute Gasteiger partial charge is 0.299 e. The molecular formula is C4H5ClO3S. The average molecular weight is 169 g/mol. The maximum absolute atomic E-state index is 10.3. The summed E-state index contributed by atoms with van der Waals surface area (Å²) in [6.07, 6.45) is 0. The minimum Gasteiger partial charge on any atom is -0.275 e. The normalized spacial score (nSPS) is 10.9. The van der Waals surface area contributed by atoms with Crippen LogP contribution in [-0.2, 0) is 13.8 Å². The third-order valence-electron chi connectivity index (χ3n) is 0.570. The topological polar surface area (TPSA) is 51.2 Å². The van der Waals surface area contributed by atoms with E-state index in [2.05, 4.69) is 17.3 Å². The Morgan fingerprint density at radius 2 is 1.89 bits per heavy atom. The molecule has 3 nitrogen and oxygen atoms in total. The number of carbonyl (C=O) groups is 1. The van der Waals surface area contributed by atoms with E-state index in [0.717, 1.165) is 0 Å². The molecule has 52 valence electrons. The summed E-state index contributed by atoms with van der Waals surface area (Å²) in [4.78, 5) is 10.3. The average Bonchev–Trinajstić information content (AvgIpc) is 1.62. The van der Waals surface area contributed by atoms with Crippen LogP contribution in [0.1, 0.15) is 6.92 Å². The van der Waals surface area contributed by atoms with Gasteiger partial charge in [-0.05, 0) is 6.92 Å². The molecule has 0 heterocycles. The Kier molecular flexibility index (Phi) is 2.40. The molecule has 0 aliphatic carbocycles. The first-order chi connectivity index (χ1) is 3.85. The molecule has 0 aromatic rings. The van der Waals surface area contributed by atoms with Gasteiger partial charge in [0.15, 0.2) is 0 Å². The lowest BCUT2D eigenvalue weighted by Gasteiger charge is -1.89. The van der Waals surface area contributed by atoms with E-state index in [-0.39, 0.29) is 5.57 Å². The highest BCUT2D eigenvalue weighted by atomic mass is 35.7. The predicted molar refractivity (Wildman–Crippen MR) is 34.6 cm³/mol. The van der Waals surface area contributed by atoms with Crippen LogP contribution in [0, 0.1) is 0 Å². The third kappa shape index (κ3) is 2.62. The van der Waals surface area contributed by atoms with Crippen LogP contribution in [0.2, 0.25) is 0 Å². The van der Waals surface area contributed by atoms with Gasteiger partial charge in [0.05, 0.1) is 0 Å². The zero-order chi connectivity index (χ0) is 7.65. The van der Waals surface area contributed by atoms with E-state index in [4.69, 9.17) is 0 Å². The van der Waals surface area contributed by atoms with Crippen molar-refractivity contribution in [3.8, 4) is 0 Å². The van der Waals surface area contributed by atoms with Crippen molar-refractivity contribution in [3.63, 3.8) is 0 Å². The van der Waals surface area contributed by atoms with Gasteiger partial charge in [0.1, 0.15) is 0 Å². The van der Waals surface area contributed by atoms with Crippen molar-refractivity contribution in [3.05, 3.63) is 12.2 Å². The van der Waals surface area contributed by atoms with Gasteiger partial charge in [0.2, 0.25) is 0 Å². The molecule has 0 aliphatic heterocycles. The van der Waals surface area contributed by atoms with Gasteiger partial charge < -0.3 is 0 Å². The van der Waals surface area contributed by atoms with Crippen LogP contribution in [-0.4, -0.2) is 13.5 Å². The summed E-state index contributed by atoms with van der Waals surface area (Å²) in [5.41, 5.74) is -0.0787. The van der Waals surface area contributed by atoms with E-state index in [9.17, 15) is 13.2 Å². The molecule has 5 heteroatoms. The van der Waals surface area contributed by atoms with Crippen molar-refractivity contribution in [1.82, 2.24) is 0 Å². The molecule has 0 unspecified atom stereocenters. The van der Waals surface area contributed by atoms with Crippen LogP contribution in [0.3, 0.4) is 0 Å². The highest BCUT2D eigenvalue weighted by Crippen LogP contribution is 2.04. The Morgan fingerprint density at radius 1 is 1.56 bits per heavy atom. The highest BCUT2D eigenvalue weighted by molar-refractivity contribution is 8.25. The van der Waals surface area contributed by atoms with E-state index < -0.39 is 14.2 Å². The number of carbonyl (C=O) groups excluding carboxylic acids is 1. The van der Waals surface area contributed by atoms with Crippen LogP contribution >= 0.6 is 10.7 Å². The van der Waals surface area contributed by atoms with Gasteiger partial charge in [-0.2, -0.15) is 0 Å². The van der Waals surface area contributed by atoms with Crippen LogP contribution in [0.15, 0.2) is 12.2 Å². The molecule has 0 atom stereocenters. The van der Waals surface area contributed by atoms with Crippen LogP contribution in [0.5, 0.6) is 0 Å². The van der Waals surface area contributed by atoms with Gasteiger partial charge >= 0.3 is 0 Å². The minimum atomic E-state index is -4.07. The van der Waals surface area contributed by atoms with Crippen molar-refractivity contribution >= 4 is 24.8 Å². The number of halogens is 1.